The SMILES string of the molecule is COc1cc(/C=N\NC(=O)Cn2ccccc2=O)cc2c1OCCO2. The van der Waals surface area contributed by atoms with Crippen LogP contribution in [0.1, 0.15) is 5.56 Å². The Morgan fingerprint density at radius 1 is 1.36 bits per heavy atom. The van der Waals surface area contributed by atoms with Gasteiger partial charge in [-0.25, -0.2) is 5.43 Å². The lowest BCUT2D eigenvalue weighted by molar-refractivity contribution is -0.121. The first-order chi connectivity index (χ1) is 12.2. The van der Waals surface area contributed by atoms with Gasteiger partial charge in [-0.15, -0.1) is 0 Å². The largest absolute Gasteiger partial charge is 0.493 e. The van der Waals surface area contributed by atoms with Crippen molar-refractivity contribution in [2.75, 3.05) is 20.3 Å². The van der Waals surface area contributed by atoms with E-state index in [0.717, 1.165) is 0 Å². The third-order valence-electron chi connectivity index (χ3n) is 3.47. The number of nitrogens with one attached hydrogen (secondary N) is 1. The van der Waals surface area contributed by atoms with Gasteiger partial charge in [0.25, 0.3) is 11.5 Å². The van der Waals surface area contributed by atoms with Gasteiger partial charge in [-0.3, -0.25) is 9.59 Å². The van der Waals surface area contributed by atoms with Gasteiger partial charge in [0.2, 0.25) is 5.75 Å². The highest BCUT2D eigenvalue weighted by molar-refractivity contribution is 5.84. The fourth-order valence-corrected chi connectivity index (χ4v) is 2.33. The third-order valence-corrected chi connectivity index (χ3v) is 3.47. The first kappa shape index (κ1) is 16.6. The zero-order chi connectivity index (χ0) is 17.6. The summed E-state index contributed by atoms with van der Waals surface area (Å²) < 4.78 is 17.6. The summed E-state index contributed by atoms with van der Waals surface area (Å²) in [6.45, 7) is 0.812. The summed E-state index contributed by atoms with van der Waals surface area (Å²) in [7, 11) is 1.54. The van der Waals surface area contributed by atoms with Crippen LogP contribution in [0.3, 0.4) is 0 Å². The number of amides is 1. The summed E-state index contributed by atoms with van der Waals surface area (Å²) >= 11 is 0. The van der Waals surface area contributed by atoms with Crippen LogP contribution in [0.2, 0.25) is 0 Å². The van der Waals surface area contributed by atoms with Crippen LogP contribution >= 0.6 is 0 Å². The number of nitrogens with zero attached hydrogens (tertiary/aromatic N) is 2. The molecular formula is C17H17N3O5. The number of hydrogen-bond donors (Lipinski definition) is 1. The van der Waals surface area contributed by atoms with E-state index < -0.39 is 5.91 Å². The van der Waals surface area contributed by atoms with Gasteiger partial charge in [-0.05, 0) is 18.2 Å². The standard InChI is InChI=1S/C17H17N3O5/c1-23-13-8-12(9-14-17(13)25-7-6-24-14)10-18-19-15(21)11-20-5-3-2-4-16(20)22/h2-5,8-10H,6-7,11H2,1H3,(H,19,21)/b18-10-. The van der Waals surface area contributed by atoms with Gasteiger partial charge in [-0.1, -0.05) is 6.07 Å². The molecule has 2 aromatic rings. The fourth-order valence-electron chi connectivity index (χ4n) is 2.33. The van der Waals surface area contributed by atoms with E-state index in [1.807, 2.05) is 0 Å². The molecule has 2 heterocycles. The zero-order valence-corrected chi connectivity index (χ0v) is 13.6. The molecule has 8 heteroatoms. The van der Waals surface area contributed by atoms with Crippen molar-refractivity contribution in [1.82, 2.24) is 9.99 Å². The Hall–Kier alpha value is -3.29. The third kappa shape index (κ3) is 3.97. The van der Waals surface area contributed by atoms with Crippen molar-refractivity contribution < 1.29 is 19.0 Å². The number of methoxy groups -OCH3 is 1. The average Bonchev–Trinajstić information content (AvgIpc) is 2.63. The van der Waals surface area contributed by atoms with E-state index in [9.17, 15) is 9.59 Å². The highest BCUT2D eigenvalue weighted by atomic mass is 16.6. The molecule has 0 saturated carbocycles. The zero-order valence-electron chi connectivity index (χ0n) is 13.6. The maximum Gasteiger partial charge on any atom is 0.260 e. The molecule has 0 aliphatic carbocycles. The number of rotatable bonds is 5. The number of hydrogen-bond acceptors (Lipinski definition) is 6. The highest BCUT2D eigenvalue weighted by Gasteiger charge is 2.17. The molecular weight excluding hydrogens is 326 g/mol. The van der Waals surface area contributed by atoms with Crippen LogP contribution in [0.15, 0.2) is 46.4 Å². The Bertz CT molecular complexity index is 842. The van der Waals surface area contributed by atoms with Crippen LogP contribution in [0.4, 0.5) is 0 Å². The first-order valence-corrected chi connectivity index (χ1v) is 7.62. The normalized spacial score (nSPS) is 12.8. The predicted octanol–water partition coefficient (Wildman–Crippen LogP) is 0.778. The molecule has 1 aromatic heterocycles. The summed E-state index contributed by atoms with van der Waals surface area (Å²) in [6, 6.07) is 8.15. The van der Waals surface area contributed by atoms with Crippen molar-refractivity contribution >= 4 is 12.1 Å². The number of carbonyl (C=O) groups excluding carboxylic acids is 1. The lowest BCUT2D eigenvalue weighted by Gasteiger charge is -2.20. The molecule has 130 valence electrons. The Morgan fingerprint density at radius 3 is 3.00 bits per heavy atom. The Labute approximate surface area is 143 Å². The van der Waals surface area contributed by atoms with Crippen LogP contribution in [0.5, 0.6) is 17.2 Å². The quantitative estimate of drug-likeness (QED) is 0.640. The van der Waals surface area contributed by atoms with Crippen LogP contribution in [0, 0.1) is 0 Å². The molecule has 0 fully saturated rings. The topological polar surface area (TPSA) is 91.2 Å². The van der Waals surface area contributed by atoms with Gasteiger partial charge >= 0.3 is 0 Å². The molecule has 0 bridgehead atoms. The number of pyridine rings is 1. The van der Waals surface area contributed by atoms with Crippen molar-refractivity contribution in [2.45, 2.75) is 6.54 Å². The maximum absolute atomic E-state index is 11.9. The van der Waals surface area contributed by atoms with Crippen molar-refractivity contribution in [3.05, 3.63) is 52.4 Å². The molecule has 1 amide bonds. The van der Waals surface area contributed by atoms with Gasteiger partial charge in [0, 0.05) is 17.8 Å². The van der Waals surface area contributed by atoms with Gasteiger partial charge in [0.1, 0.15) is 19.8 Å². The van der Waals surface area contributed by atoms with E-state index in [-0.39, 0.29) is 12.1 Å². The molecule has 25 heavy (non-hydrogen) atoms. The molecule has 1 aliphatic rings. The number of fused-ring (bicyclic) bond motifs is 1. The van der Waals surface area contributed by atoms with Gasteiger partial charge in [0.05, 0.1) is 13.3 Å². The van der Waals surface area contributed by atoms with E-state index in [1.54, 1.807) is 24.3 Å². The maximum atomic E-state index is 11.9. The smallest absolute Gasteiger partial charge is 0.260 e. The number of ether oxygens (including phenoxy) is 3. The van der Waals surface area contributed by atoms with Gasteiger partial charge in [0.15, 0.2) is 11.5 Å². The summed E-state index contributed by atoms with van der Waals surface area (Å²) in [5.74, 6) is 1.24. The average molecular weight is 343 g/mol. The highest BCUT2D eigenvalue weighted by Crippen LogP contribution is 2.39. The van der Waals surface area contributed by atoms with Gasteiger partial charge in [-0.2, -0.15) is 5.10 Å². The monoisotopic (exact) mass is 343 g/mol. The second-order valence-corrected chi connectivity index (χ2v) is 5.21. The van der Waals surface area contributed by atoms with E-state index in [2.05, 4.69) is 10.5 Å². The van der Waals surface area contributed by atoms with Crippen LogP contribution in [-0.4, -0.2) is 37.0 Å². The van der Waals surface area contributed by atoms with E-state index in [0.29, 0.717) is 36.0 Å². The molecule has 0 radical (unpaired) electrons. The molecule has 3 rings (SSSR count). The van der Waals surface area contributed by atoms with Gasteiger partial charge < -0.3 is 18.8 Å². The molecule has 1 N–H and O–H groups in total. The minimum Gasteiger partial charge on any atom is -0.493 e. The summed E-state index contributed by atoms with van der Waals surface area (Å²) in [6.07, 6.45) is 3.00. The molecule has 1 aromatic carbocycles. The molecule has 0 atom stereocenters. The van der Waals surface area contributed by atoms with Crippen LogP contribution < -0.4 is 25.2 Å². The van der Waals surface area contributed by atoms with Crippen molar-refractivity contribution in [3.8, 4) is 17.2 Å². The van der Waals surface area contributed by atoms with Crippen molar-refractivity contribution in [3.63, 3.8) is 0 Å². The van der Waals surface area contributed by atoms with E-state index in [4.69, 9.17) is 14.2 Å². The van der Waals surface area contributed by atoms with Crippen LogP contribution in [0.25, 0.3) is 0 Å². The number of benzene rings is 1. The molecule has 0 unspecified atom stereocenters. The lowest BCUT2D eigenvalue weighted by Crippen LogP contribution is -2.29. The molecule has 0 spiro atoms. The van der Waals surface area contributed by atoms with Crippen molar-refractivity contribution in [2.24, 2.45) is 5.10 Å². The Kier molecular flexibility index (Phi) is 4.98. The number of hydrazone groups is 1. The molecule has 8 nitrogen and oxygen atoms in total. The minimum absolute atomic E-state index is 0.110. The molecule has 1 aliphatic heterocycles. The summed E-state index contributed by atoms with van der Waals surface area (Å²) in [4.78, 5) is 23.4. The lowest BCUT2D eigenvalue weighted by atomic mass is 10.2. The Morgan fingerprint density at radius 2 is 2.20 bits per heavy atom. The number of aromatic nitrogens is 1. The minimum atomic E-state index is -0.408. The van der Waals surface area contributed by atoms with E-state index in [1.165, 1.54) is 30.2 Å². The first-order valence-electron chi connectivity index (χ1n) is 7.62. The second kappa shape index (κ2) is 7.52. The second-order valence-electron chi connectivity index (χ2n) is 5.21. The van der Waals surface area contributed by atoms with Crippen molar-refractivity contribution in [1.29, 1.82) is 0 Å². The number of carbonyl (C=O) groups is 1. The molecule has 0 saturated heterocycles. The van der Waals surface area contributed by atoms with E-state index >= 15 is 0 Å². The summed E-state index contributed by atoms with van der Waals surface area (Å²) in [5, 5.41) is 3.90. The van der Waals surface area contributed by atoms with Crippen LogP contribution in [-0.2, 0) is 11.3 Å². The fraction of sp³-hybridized carbons (Fsp3) is 0.235. The Balaban J connectivity index is 1.67. The predicted molar refractivity (Wildman–Crippen MR) is 90.4 cm³/mol. The summed E-state index contributed by atoms with van der Waals surface area (Å²) in [5.41, 5.74) is 2.81.